The van der Waals surface area contributed by atoms with Crippen molar-refractivity contribution in [3.8, 4) is 5.75 Å². The summed E-state index contributed by atoms with van der Waals surface area (Å²) >= 11 is 9.12. The fourth-order valence-corrected chi connectivity index (χ4v) is 2.10. The molecule has 18 heavy (non-hydrogen) atoms. The molecule has 0 heterocycles. The molecule has 0 aliphatic heterocycles. The number of benzene rings is 1. The van der Waals surface area contributed by atoms with Crippen LogP contribution in [0.5, 0.6) is 5.75 Å². The number of rotatable bonds is 7. The number of phenolic OH excluding ortho intramolecular Hbond substituents is 1. The third-order valence-corrected chi connectivity index (χ3v) is 3.42. The van der Waals surface area contributed by atoms with Gasteiger partial charge < -0.3 is 10.4 Å². The van der Waals surface area contributed by atoms with E-state index >= 15 is 0 Å². The number of alkyl halides is 1. The van der Waals surface area contributed by atoms with Gasteiger partial charge in [-0.1, -0.05) is 40.4 Å². The van der Waals surface area contributed by atoms with Crippen LogP contribution in [0.2, 0.25) is 5.02 Å². The molecule has 0 fully saturated rings. The number of hydrogen-bond acceptors (Lipinski definition) is 2. The van der Waals surface area contributed by atoms with Gasteiger partial charge in [0.2, 0.25) is 0 Å². The fourth-order valence-electron chi connectivity index (χ4n) is 1.53. The van der Waals surface area contributed by atoms with Gasteiger partial charge in [0.05, 0.1) is 5.02 Å². The molecule has 0 atom stereocenters. The number of unbranched alkanes of at least 4 members (excludes halogenated alkanes) is 3. The van der Waals surface area contributed by atoms with Crippen molar-refractivity contribution in [3.05, 3.63) is 28.8 Å². The van der Waals surface area contributed by atoms with Crippen LogP contribution in [0.15, 0.2) is 18.2 Å². The highest BCUT2D eigenvalue weighted by Gasteiger charge is 2.07. The van der Waals surface area contributed by atoms with Gasteiger partial charge in [-0.3, -0.25) is 4.79 Å². The predicted molar refractivity (Wildman–Crippen MR) is 77.7 cm³/mol. The lowest BCUT2D eigenvalue weighted by molar-refractivity contribution is 0.0953. The lowest BCUT2D eigenvalue weighted by atomic mass is 10.2. The van der Waals surface area contributed by atoms with E-state index in [0.717, 1.165) is 18.2 Å². The molecule has 1 aromatic rings. The molecule has 0 unspecified atom stereocenters. The molecule has 0 bridgehead atoms. The first kappa shape index (κ1) is 15.3. The molecule has 0 aliphatic carbocycles. The van der Waals surface area contributed by atoms with E-state index in [1.807, 2.05) is 0 Å². The van der Waals surface area contributed by atoms with E-state index in [1.54, 1.807) is 6.07 Å². The topological polar surface area (TPSA) is 49.3 Å². The van der Waals surface area contributed by atoms with Crippen LogP contribution in [0.1, 0.15) is 36.0 Å². The standard InChI is InChI=1S/C13H17BrClNO2/c14-7-3-1-2-4-8-16-13(18)10-5-6-12(17)11(15)9-10/h5-6,9,17H,1-4,7-8H2,(H,16,18). The van der Waals surface area contributed by atoms with Crippen molar-refractivity contribution in [3.63, 3.8) is 0 Å². The second kappa shape index (κ2) is 8.38. The third-order valence-electron chi connectivity index (χ3n) is 2.56. The van der Waals surface area contributed by atoms with Gasteiger partial charge in [0.25, 0.3) is 5.91 Å². The van der Waals surface area contributed by atoms with Crippen molar-refractivity contribution in [1.29, 1.82) is 0 Å². The summed E-state index contributed by atoms with van der Waals surface area (Å²) in [6.07, 6.45) is 4.43. The molecule has 0 aromatic heterocycles. The zero-order valence-corrected chi connectivity index (χ0v) is 12.4. The van der Waals surface area contributed by atoms with Crippen molar-refractivity contribution < 1.29 is 9.90 Å². The Bertz CT molecular complexity index is 399. The van der Waals surface area contributed by atoms with Crippen LogP contribution in [0, 0.1) is 0 Å². The first-order chi connectivity index (χ1) is 8.65. The number of halogens is 2. The third kappa shape index (κ3) is 5.27. The zero-order chi connectivity index (χ0) is 13.4. The van der Waals surface area contributed by atoms with Gasteiger partial charge in [-0.05, 0) is 31.0 Å². The second-order valence-electron chi connectivity index (χ2n) is 4.03. The molecular weight excluding hydrogens is 318 g/mol. The Balaban J connectivity index is 2.30. The molecule has 0 saturated carbocycles. The van der Waals surface area contributed by atoms with E-state index in [1.165, 1.54) is 25.0 Å². The minimum atomic E-state index is -0.155. The first-order valence-electron chi connectivity index (χ1n) is 5.98. The van der Waals surface area contributed by atoms with E-state index in [2.05, 4.69) is 21.2 Å². The Morgan fingerprint density at radius 1 is 1.28 bits per heavy atom. The molecule has 0 aliphatic rings. The Hall–Kier alpha value is -0.740. The van der Waals surface area contributed by atoms with Crippen LogP contribution in [0.3, 0.4) is 0 Å². The number of nitrogens with one attached hydrogen (secondary N) is 1. The van der Waals surface area contributed by atoms with Gasteiger partial charge in [0.15, 0.2) is 0 Å². The lowest BCUT2D eigenvalue weighted by Crippen LogP contribution is -2.24. The largest absolute Gasteiger partial charge is 0.506 e. The quantitative estimate of drug-likeness (QED) is 0.589. The number of phenols is 1. The van der Waals surface area contributed by atoms with Crippen LogP contribution >= 0.6 is 27.5 Å². The molecule has 1 amide bonds. The van der Waals surface area contributed by atoms with E-state index in [4.69, 9.17) is 11.6 Å². The van der Waals surface area contributed by atoms with E-state index in [-0.39, 0.29) is 16.7 Å². The van der Waals surface area contributed by atoms with E-state index in [9.17, 15) is 9.90 Å². The summed E-state index contributed by atoms with van der Waals surface area (Å²) < 4.78 is 0. The maximum absolute atomic E-state index is 11.7. The summed E-state index contributed by atoms with van der Waals surface area (Å²) in [7, 11) is 0. The van der Waals surface area contributed by atoms with Crippen molar-refractivity contribution in [2.24, 2.45) is 0 Å². The van der Waals surface area contributed by atoms with Gasteiger partial charge in [0.1, 0.15) is 5.75 Å². The van der Waals surface area contributed by atoms with Crippen LogP contribution in [0.4, 0.5) is 0 Å². The van der Waals surface area contributed by atoms with Crippen molar-refractivity contribution >= 4 is 33.4 Å². The Labute approximate surface area is 121 Å². The Morgan fingerprint density at radius 2 is 2.00 bits per heavy atom. The summed E-state index contributed by atoms with van der Waals surface area (Å²) in [5.41, 5.74) is 0.471. The van der Waals surface area contributed by atoms with Crippen molar-refractivity contribution in [1.82, 2.24) is 5.32 Å². The van der Waals surface area contributed by atoms with Gasteiger partial charge in [-0.25, -0.2) is 0 Å². The van der Waals surface area contributed by atoms with Gasteiger partial charge in [-0.15, -0.1) is 0 Å². The molecule has 5 heteroatoms. The molecule has 1 rings (SSSR count). The fraction of sp³-hybridized carbons (Fsp3) is 0.462. The normalized spacial score (nSPS) is 10.3. The minimum Gasteiger partial charge on any atom is -0.506 e. The van der Waals surface area contributed by atoms with Gasteiger partial charge in [-0.2, -0.15) is 0 Å². The molecule has 100 valence electrons. The first-order valence-corrected chi connectivity index (χ1v) is 7.47. The monoisotopic (exact) mass is 333 g/mol. The second-order valence-corrected chi connectivity index (χ2v) is 5.23. The Kier molecular flexibility index (Phi) is 7.13. The number of carbonyl (C=O) groups is 1. The number of aromatic hydroxyl groups is 1. The number of amides is 1. The van der Waals surface area contributed by atoms with Gasteiger partial charge in [0, 0.05) is 17.4 Å². The highest BCUT2D eigenvalue weighted by atomic mass is 79.9. The Morgan fingerprint density at radius 3 is 2.67 bits per heavy atom. The molecule has 2 N–H and O–H groups in total. The van der Waals surface area contributed by atoms with Crippen LogP contribution in [0.25, 0.3) is 0 Å². The number of hydrogen-bond donors (Lipinski definition) is 2. The van der Waals surface area contributed by atoms with Crippen LogP contribution in [-0.4, -0.2) is 22.9 Å². The average molecular weight is 335 g/mol. The number of carbonyl (C=O) groups excluding carboxylic acids is 1. The van der Waals surface area contributed by atoms with E-state index < -0.39 is 0 Å². The summed E-state index contributed by atoms with van der Waals surface area (Å²) in [4.78, 5) is 11.7. The highest BCUT2D eigenvalue weighted by molar-refractivity contribution is 9.09. The highest BCUT2D eigenvalue weighted by Crippen LogP contribution is 2.23. The molecule has 1 aromatic carbocycles. The molecule has 0 radical (unpaired) electrons. The maximum Gasteiger partial charge on any atom is 0.251 e. The summed E-state index contributed by atoms with van der Waals surface area (Å²) in [6, 6.07) is 4.45. The zero-order valence-electron chi connectivity index (χ0n) is 10.1. The lowest BCUT2D eigenvalue weighted by Gasteiger charge is -2.06. The predicted octanol–water partition coefficient (Wildman–Crippen LogP) is 3.73. The van der Waals surface area contributed by atoms with Crippen molar-refractivity contribution in [2.75, 3.05) is 11.9 Å². The summed E-state index contributed by atoms with van der Waals surface area (Å²) in [6.45, 7) is 0.666. The molecular formula is C13H17BrClNO2. The van der Waals surface area contributed by atoms with Gasteiger partial charge >= 0.3 is 0 Å². The van der Waals surface area contributed by atoms with Crippen molar-refractivity contribution in [2.45, 2.75) is 25.7 Å². The maximum atomic E-state index is 11.7. The summed E-state index contributed by atoms with van der Waals surface area (Å²) in [5.74, 6) is -0.166. The molecule has 0 spiro atoms. The van der Waals surface area contributed by atoms with Crippen LogP contribution in [-0.2, 0) is 0 Å². The SMILES string of the molecule is O=C(NCCCCCCBr)c1ccc(O)c(Cl)c1. The smallest absolute Gasteiger partial charge is 0.251 e. The van der Waals surface area contributed by atoms with E-state index in [0.29, 0.717) is 12.1 Å². The minimum absolute atomic E-state index is 0.0111. The summed E-state index contributed by atoms with van der Waals surface area (Å²) in [5, 5.41) is 13.3. The molecule has 3 nitrogen and oxygen atoms in total. The average Bonchev–Trinajstić information content (AvgIpc) is 2.36. The molecule has 0 saturated heterocycles. The van der Waals surface area contributed by atoms with Crippen LogP contribution < -0.4 is 5.32 Å².